The van der Waals surface area contributed by atoms with Crippen molar-refractivity contribution in [1.82, 2.24) is 14.7 Å². The van der Waals surface area contributed by atoms with E-state index in [0.29, 0.717) is 13.1 Å². The zero-order chi connectivity index (χ0) is 12.6. The Labute approximate surface area is 99.5 Å². The van der Waals surface area contributed by atoms with E-state index in [1.54, 1.807) is 4.90 Å². The fraction of sp³-hybridized carbons (Fsp3) is 0.636. The molecule has 6 heteroatoms. The molecule has 1 aromatic heterocycles. The average Bonchev–Trinajstić information content (AvgIpc) is 2.69. The Bertz CT molecular complexity index is 430. The Balaban J connectivity index is 2.22. The first kappa shape index (κ1) is 12.1. The molecule has 0 fully saturated rings. The van der Waals surface area contributed by atoms with Gasteiger partial charge in [-0.3, -0.25) is 9.48 Å². The smallest absolute Gasteiger partial charge is 0.254 e. The maximum Gasteiger partial charge on any atom is 0.254 e. The third-order valence-electron chi connectivity index (χ3n) is 3.12. The first-order valence-corrected chi connectivity index (χ1v) is 5.68. The molecule has 1 aliphatic rings. The van der Waals surface area contributed by atoms with Crippen molar-refractivity contribution in [2.75, 3.05) is 13.2 Å². The van der Waals surface area contributed by atoms with Crippen LogP contribution in [0.3, 0.4) is 0 Å². The van der Waals surface area contributed by atoms with Crippen LogP contribution in [-0.2, 0) is 11.3 Å². The Hall–Kier alpha value is -1.40. The number of nitrogens with zero attached hydrogens (tertiary/aromatic N) is 3. The van der Waals surface area contributed by atoms with E-state index in [1.165, 1.54) is 0 Å². The van der Waals surface area contributed by atoms with Gasteiger partial charge in [-0.1, -0.05) is 0 Å². The van der Waals surface area contributed by atoms with Gasteiger partial charge in [0, 0.05) is 6.54 Å². The van der Waals surface area contributed by atoms with Crippen LogP contribution in [0.15, 0.2) is 6.07 Å². The van der Waals surface area contributed by atoms with Gasteiger partial charge in [0.25, 0.3) is 5.91 Å². The molecule has 0 spiro atoms. The van der Waals surface area contributed by atoms with Gasteiger partial charge in [0.2, 0.25) is 0 Å². The highest BCUT2D eigenvalue weighted by atomic mass is 16.3. The van der Waals surface area contributed by atoms with Crippen LogP contribution in [-0.4, -0.2) is 50.1 Å². The Kier molecular flexibility index (Phi) is 3.17. The highest BCUT2D eigenvalue weighted by Gasteiger charge is 2.31. The second-order valence-electron chi connectivity index (χ2n) is 4.34. The number of aliphatic hydroxyl groups excluding tert-OH is 2. The minimum atomic E-state index is -1.33. The van der Waals surface area contributed by atoms with Crippen molar-refractivity contribution in [3.63, 3.8) is 0 Å². The lowest BCUT2D eigenvalue weighted by atomic mass is 10.1. The van der Waals surface area contributed by atoms with Crippen molar-refractivity contribution < 1.29 is 15.0 Å². The summed E-state index contributed by atoms with van der Waals surface area (Å²) >= 11 is 0. The standard InChI is InChI=1S/C11H17N3O3/c1-7-5-9-8(2)13(3-4-14(9)12-7)11(17)10(16)6-15/h5,8,10,15-16H,3-4,6H2,1-2H3. The van der Waals surface area contributed by atoms with E-state index in [0.717, 1.165) is 11.4 Å². The summed E-state index contributed by atoms with van der Waals surface area (Å²) < 4.78 is 1.88. The lowest BCUT2D eigenvalue weighted by Crippen LogP contribution is -2.46. The number of amides is 1. The number of hydrogen-bond acceptors (Lipinski definition) is 4. The Morgan fingerprint density at radius 3 is 3.00 bits per heavy atom. The van der Waals surface area contributed by atoms with Crippen LogP contribution in [0.1, 0.15) is 24.4 Å². The van der Waals surface area contributed by atoms with E-state index in [1.807, 2.05) is 24.6 Å². The number of carbonyl (C=O) groups is 1. The van der Waals surface area contributed by atoms with Gasteiger partial charge in [0.15, 0.2) is 6.10 Å². The number of aryl methyl sites for hydroxylation is 1. The van der Waals surface area contributed by atoms with Gasteiger partial charge in [0.05, 0.1) is 30.6 Å². The van der Waals surface area contributed by atoms with Crippen LogP contribution in [0.2, 0.25) is 0 Å². The molecule has 94 valence electrons. The quantitative estimate of drug-likeness (QED) is 0.725. The summed E-state index contributed by atoms with van der Waals surface area (Å²) in [5.41, 5.74) is 1.89. The first-order valence-electron chi connectivity index (χ1n) is 5.68. The highest BCUT2D eigenvalue weighted by molar-refractivity contribution is 5.81. The Morgan fingerprint density at radius 1 is 1.65 bits per heavy atom. The molecule has 1 aromatic rings. The topological polar surface area (TPSA) is 78.6 Å². The van der Waals surface area contributed by atoms with Crippen molar-refractivity contribution in [1.29, 1.82) is 0 Å². The van der Waals surface area contributed by atoms with E-state index >= 15 is 0 Å². The molecule has 2 unspecified atom stereocenters. The number of aliphatic hydroxyl groups is 2. The van der Waals surface area contributed by atoms with Crippen molar-refractivity contribution in [3.05, 3.63) is 17.5 Å². The third kappa shape index (κ3) is 2.05. The molecule has 0 saturated heterocycles. The summed E-state index contributed by atoms with van der Waals surface area (Å²) in [7, 11) is 0. The second-order valence-corrected chi connectivity index (χ2v) is 4.34. The lowest BCUT2D eigenvalue weighted by Gasteiger charge is -2.35. The van der Waals surface area contributed by atoms with Crippen molar-refractivity contribution in [2.24, 2.45) is 0 Å². The maximum atomic E-state index is 11.8. The SMILES string of the molecule is Cc1cc2n(n1)CCN(C(=O)C(O)CO)C2C. The number of rotatable bonds is 2. The zero-order valence-electron chi connectivity index (χ0n) is 10.00. The van der Waals surface area contributed by atoms with E-state index in [-0.39, 0.29) is 6.04 Å². The van der Waals surface area contributed by atoms with Crippen LogP contribution in [0, 0.1) is 6.92 Å². The van der Waals surface area contributed by atoms with E-state index in [4.69, 9.17) is 5.11 Å². The molecule has 0 saturated carbocycles. The second kappa shape index (κ2) is 4.46. The molecule has 6 nitrogen and oxygen atoms in total. The molecule has 1 aliphatic heterocycles. The predicted molar refractivity (Wildman–Crippen MR) is 60.2 cm³/mol. The molecule has 0 bridgehead atoms. The van der Waals surface area contributed by atoms with Crippen LogP contribution < -0.4 is 0 Å². The molecular formula is C11H17N3O3. The lowest BCUT2D eigenvalue weighted by molar-refractivity contribution is -0.145. The van der Waals surface area contributed by atoms with Gasteiger partial charge in [-0.2, -0.15) is 5.10 Å². The third-order valence-corrected chi connectivity index (χ3v) is 3.12. The predicted octanol–water partition coefficient (Wildman–Crippen LogP) is -0.552. The molecule has 2 heterocycles. The normalized spacial score (nSPS) is 21.2. The molecule has 1 amide bonds. The molecule has 2 N–H and O–H groups in total. The van der Waals surface area contributed by atoms with Crippen LogP contribution in [0.5, 0.6) is 0 Å². The molecule has 2 rings (SSSR count). The summed E-state index contributed by atoms with van der Waals surface area (Å²) in [5, 5.41) is 22.5. The minimum absolute atomic E-state index is 0.126. The minimum Gasteiger partial charge on any atom is -0.393 e. The Morgan fingerprint density at radius 2 is 2.35 bits per heavy atom. The maximum absolute atomic E-state index is 11.8. The monoisotopic (exact) mass is 239 g/mol. The fourth-order valence-corrected chi connectivity index (χ4v) is 2.21. The van der Waals surface area contributed by atoms with Crippen molar-refractivity contribution in [2.45, 2.75) is 32.5 Å². The van der Waals surface area contributed by atoms with Gasteiger partial charge < -0.3 is 15.1 Å². The van der Waals surface area contributed by atoms with Crippen LogP contribution in [0.25, 0.3) is 0 Å². The molecule has 0 aliphatic carbocycles. The van der Waals surface area contributed by atoms with Gasteiger partial charge >= 0.3 is 0 Å². The fourth-order valence-electron chi connectivity index (χ4n) is 2.21. The largest absolute Gasteiger partial charge is 0.393 e. The van der Waals surface area contributed by atoms with E-state index in [9.17, 15) is 9.90 Å². The van der Waals surface area contributed by atoms with Crippen molar-refractivity contribution in [3.8, 4) is 0 Å². The highest BCUT2D eigenvalue weighted by Crippen LogP contribution is 2.25. The van der Waals surface area contributed by atoms with Gasteiger partial charge in [-0.15, -0.1) is 0 Å². The molecule has 0 radical (unpaired) electrons. The number of carbonyl (C=O) groups excluding carboxylic acids is 1. The average molecular weight is 239 g/mol. The van der Waals surface area contributed by atoms with Gasteiger partial charge in [0.1, 0.15) is 0 Å². The van der Waals surface area contributed by atoms with E-state index in [2.05, 4.69) is 5.10 Å². The van der Waals surface area contributed by atoms with Crippen LogP contribution >= 0.6 is 0 Å². The summed E-state index contributed by atoms with van der Waals surface area (Å²) in [4.78, 5) is 13.4. The molecule has 17 heavy (non-hydrogen) atoms. The first-order chi connectivity index (χ1) is 8.04. The summed E-state index contributed by atoms with van der Waals surface area (Å²) in [6.45, 7) is 4.39. The summed E-state index contributed by atoms with van der Waals surface area (Å²) in [6, 6.07) is 1.81. The molecule has 0 aromatic carbocycles. The van der Waals surface area contributed by atoms with Crippen LogP contribution in [0.4, 0.5) is 0 Å². The summed E-state index contributed by atoms with van der Waals surface area (Å²) in [6.07, 6.45) is -1.33. The molecule has 2 atom stereocenters. The van der Waals surface area contributed by atoms with E-state index < -0.39 is 18.6 Å². The number of fused-ring (bicyclic) bond motifs is 1. The van der Waals surface area contributed by atoms with Gasteiger partial charge in [-0.25, -0.2) is 0 Å². The number of aromatic nitrogens is 2. The van der Waals surface area contributed by atoms with Gasteiger partial charge in [-0.05, 0) is 19.9 Å². The molecular weight excluding hydrogens is 222 g/mol. The number of hydrogen-bond donors (Lipinski definition) is 2. The zero-order valence-corrected chi connectivity index (χ0v) is 10.00. The summed E-state index contributed by atoms with van der Waals surface area (Å²) in [5.74, 6) is -0.426. The van der Waals surface area contributed by atoms with Crippen molar-refractivity contribution >= 4 is 5.91 Å².